The molecule has 1 aliphatic carbocycles. The van der Waals surface area contributed by atoms with Crippen molar-refractivity contribution in [2.75, 3.05) is 5.75 Å². The first-order chi connectivity index (χ1) is 10.7. The van der Waals surface area contributed by atoms with Crippen LogP contribution in [0, 0.1) is 6.92 Å². The Balaban J connectivity index is 1.57. The number of hydrogen-bond acceptors (Lipinski definition) is 2. The summed E-state index contributed by atoms with van der Waals surface area (Å²) in [6.07, 6.45) is 3.31. The van der Waals surface area contributed by atoms with Crippen molar-refractivity contribution in [3.05, 3.63) is 65.2 Å². The fraction of sp³-hybridized carbons (Fsp3) is 0.316. The maximum atomic E-state index is 12.2. The normalized spacial score (nSPS) is 16.9. The second kappa shape index (κ2) is 7.01. The molecule has 0 saturated carbocycles. The van der Waals surface area contributed by atoms with Gasteiger partial charge in [0, 0.05) is 4.90 Å². The van der Waals surface area contributed by atoms with Crippen LogP contribution in [-0.2, 0) is 11.2 Å². The zero-order valence-electron chi connectivity index (χ0n) is 12.8. The molecule has 3 rings (SSSR count). The summed E-state index contributed by atoms with van der Waals surface area (Å²) in [7, 11) is 0. The Morgan fingerprint density at radius 1 is 1.18 bits per heavy atom. The SMILES string of the molecule is Cc1ccc(SCC(=O)NC2CCCc3ccccc32)cc1. The van der Waals surface area contributed by atoms with Gasteiger partial charge >= 0.3 is 0 Å². The zero-order valence-corrected chi connectivity index (χ0v) is 13.7. The second-order valence-electron chi connectivity index (χ2n) is 5.81. The molecule has 0 spiro atoms. The fourth-order valence-corrected chi connectivity index (χ4v) is 3.63. The van der Waals surface area contributed by atoms with E-state index in [1.165, 1.54) is 16.7 Å². The summed E-state index contributed by atoms with van der Waals surface area (Å²) in [5.41, 5.74) is 3.92. The minimum Gasteiger partial charge on any atom is -0.349 e. The Bertz CT molecular complexity index is 651. The molecule has 1 atom stereocenters. The van der Waals surface area contributed by atoms with E-state index in [2.05, 4.69) is 60.8 Å². The second-order valence-corrected chi connectivity index (χ2v) is 6.86. The predicted molar refractivity (Wildman–Crippen MR) is 92.2 cm³/mol. The van der Waals surface area contributed by atoms with Crippen molar-refractivity contribution in [2.45, 2.75) is 37.1 Å². The van der Waals surface area contributed by atoms with Crippen molar-refractivity contribution in [1.29, 1.82) is 0 Å². The quantitative estimate of drug-likeness (QED) is 0.854. The van der Waals surface area contributed by atoms with E-state index in [-0.39, 0.29) is 11.9 Å². The lowest BCUT2D eigenvalue weighted by atomic mass is 9.88. The first-order valence-corrected chi connectivity index (χ1v) is 8.77. The van der Waals surface area contributed by atoms with Gasteiger partial charge in [-0.15, -0.1) is 11.8 Å². The number of carbonyl (C=O) groups excluding carboxylic acids is 1. The molecule has 2 nitrogen and oxygen atoms in total. The third-order valence-electron chi connectivity index (χ3n) is 4.10. The number of rotatable bonds is 4. The molecule has 1 N–H and O–H groups in total. The third kappa shape index (κ3) is 3.72. The molecule has 1 aliphatic rings. The molecule has 0 aromatic heterocycles. The lowest BCUT2D eigenvalue weighted by molar-refractivity contribution is -0.119. The molecule has 0 bridgehead atoms. The molecule has 22 heavy (non-hydrogen) atoms. The molecule has 2 aromatic carbocycles. The first kappa shape index (κ1) is 15.2. The van der Waals surface area contributed by atoms with Crippen molar-refractivity contribution in [3.63, 3.8) is 0 Å². The highest BCUT2D eigenvalue weighted by Gasteiger charge is 2.21. The summed E-state index contributed by atoms with van der Waals surface area (Å²) >= 11 is 1.60. The van der Waals surface area contributed by atoms with Crippen LogP contribution in [0.1, 0.15) is 35.6 Å². The number of thioether (sulfide) groups is 1. The average molecular weight is 311 g/mol. The Kier molecular flexibility index (Phi) is 4.84. The van der Waals surface area contributed by atoms with Gasteiger partial charge in [0.25, 0.3) is 0 Å². The number of aryl methyl sites for hydroxylation is 2. The van der Waals surface area contributed by atoms with Gasteiger partial charge in [-0.05, 0) is 49.4 Å². The van der Waals surface area contributed by atoms with E-state index in [0.717, 1.165) is 24.2 Å². The number of nitrogens with one attached hydrogen (secondary N) is 1. The van der Waals surface area contributed by atoms with E-state index in [0.29, 0.717) is 5.75 Å². The van der Waals surface area contributed by atoms with Crippen LogP contribution >= 0.6 is 11.8 Å². The maximum Gasteiger partial charge on any atom is 0.230 e. The smallest absolute Gasteiger partial charge is 0.230 e. The van der Waals surface area contributed by atoms with Gasteiger partial charge < -0.3 is 5.32 Å². The monoisotopic (exact) mass is 311 g/mol. The summed E-state index contributed by atoms with van der Waals surface area (Å²) in [5.74, 6) is 0.592. The molecule has 2 aromatic rings. The number of carbonyl (C=O) groups is 1. The van der Waals surface area contributed by atoms with E-state index in [4.69, 9.17) is 0 Å². The number of amides is 1. The van der Waals surface area contributed by atoms with Gasteiger partial charge in [0.05, 0.1) is 11.8 Å². The minimum absolute atomic E-state index is 0.118. The van der Waals surface area contributed by atoms with E-state index in [9.17, 15) is 4.79 Å². The highest BCUT2D eigenvalue weighted by molar-refractivity contribution is 8.00. The molecule has 1 unspecified atom stereocenters. The topological polar surface area (TPSA) is 29.1 Å². The summed E-state index contributed by atoms with van der Waals surface area (Å²) in [4.78, 5) is 13.4. The van der Waals surface area contributed by atoms with Crippen LogP contribution < -0.4 is 5.32 Å². The Hall–Kier alpha value is -1.74. The molecule has 0 aliphatic heterocycles. The Morgan fingerprint density at radius 3 is 2.77 bits per heavy atom. The van der Waals surface area contributed by atoms with Crippen molar-refractivity contribution in [2.24, 2.45) is 0 Å². The van der Waals surface area contributed by atoms with Crippen LogP contribution in [0.4, 0.5) is 0 Å². The van der Waals surface area contributed by atoms with Crippen molar-refractivity contribution in [3.8, 4) is 0 Å². The summed E-state index contributed by atoms with van der Waals surface area (Å²) in [6.45, 7) is 2.07. The van der Waals surface area contributed by atoms with Gasteiger partial charge in [-0.2, -0.15) is 0 Å². The van der Waals surface area contributed by atoms with Crippen molar-refractivity contribution < 1.29 is 4.79 Å². The molecule has 0 saturated heterocycles. The lowest BCUT2D eigenvalue weighted by Gasteiger charge is -2.26. The molecule has 1 amide bonds. The lowest BCUT2D eigenvalue weighted by Crippen LogP contribution is -2.32. The van der Waals surface area contributed by atoms with Crippen molar-refractivity contribution in [1.82, 2.24) is 5.32 Å². The molecule has 3 heteroatoms. The molecule has 0 fully saturated rings. The third-order valence-corrected chi connectivity index (χ3v) is 5.11. The molecule has 0 heterocycles. The Morgan fingerprint density at radius 2 is 1.95 bits per heavy atom. The molecular formula is C19H21NOS. The van der Waals surface area contributed by atoms with E-state index in [1.54, 1.807) is 11.8 Å². The van der Waals surface area contributed by atoms with Crippen LogP contribution in [0.25, 0.3) is 0 Å². The van der Waals surface area contributed by atoms with Gasteiger partial charge in [-0.25, -0.2) is 0 Å². The summed E-state index contributed by atoms with van der Waals surface area (Å²) < 4.78 is 0. The van der Waals surface area contributed by atoms with Crippen LogP contribution in [0.3, 0.4) is 0 Å². The highest BCUT2D eigenvalue weighted by atomic mass is 32.2. The molecular weight excluding hydrogens is 290 g/mol. The van der Waals surface area contributed by atoms with Crippen LogP contribution in [-0.4, -0.2) is 11.7 Å². The number of hydrogen-bond donors (Lipinski definition) is 1. The Labute approximate surface area is 136 Å². The van der Waals surface area contributed by atoms with Crippen LogP contribution in [0.15, 0.2) is 53.4 Å². The fourth-order valence-electron chi connectivity index (χ4n) is 2.92. The van der Waals surface area contributed by atoms with Gasteiger partial charge in [0.2, 0.25) is 5.91 Å². The largest absolute Gasteiger partial charge is 0.349 e. The van der Waals surface area contributed by atoms with Gasteiger partial charge in [0.15, 0.2) is 0 Å². The van der Waals surface area contributed by atoms with E-state index < -0.39 is 0 Å². The standard InChI is InChI=1S/C19H21NOS/c1-14-9-11-16(12-10-14)22-13-19(21)20-18-8-4-6-15-5-2-3-7-17(15)18/h2-3,5,7,9-12,18H,4,6,8,13H2,1H3,(H,20,21). The van der Waals surface area contributed by atoms with Crippen molar-refractivity contribution >= 4 is 17.7 Å². The zero-order chi connectivity index (χ0) is 15.4. The average Bonchev–Trinajstić information content (AvgIpc) is 2.55. The minimum atomic E-state index is 0.118. The highest BCUT2D eigenvalue weighted by Crippen LogP contribution is 2.29. The van der Waals surface area contributed by atoms with Gasteiger partial charge in [-0.1, -0.05) is 42.0 Å². The number of fused-ring (bicyclic) bond motifs is 1. The van der Waals surface area contributed by atoms with Gasteiger partial charge in [-0.3, -0.25) is 4.79 Å². The van der Waals surface area contributed by atoms with E-state index >= 15 is 0 Å². The molecule has 0 radical (unpaired) electrons. The summed E-state index contributed by atoms with van der Waals surface area (Å²) in [5, 5.41) is 3.20. The maximum absolute atomic E-state index is 12.2. The predicted octanol–water partition coefficient (Wildman–Crippen LogP) is 4.28. The summed E-state index contributed by atoms with van der Waals surface area (Å²) in [6, 6.07) is 16.9. The molecule has 114 valence electrons. The van der Waals surface area contributed by atoms with E-state index in [1.807, 2.05) is 0 Å². The van der Waals surface area contributed by atoms with Crippen LogP contribution in [0.2, 0.25) is 0 Å². The number of benzene rings is 2. The first-order valence-electron chi connectivity index (χ1n) is 7.79. The van der Waals surface area contributed by atoms with Crippen LogP contribution in [0.5, 0.6) is 0 Å². The van der Waals surface area contributed by atoms with Gasteiger partial charge in [0.1, 0.15) is 0 Å².